The maximum Gasteiger partial charge on any atom is 0.243 e. The van der Waals surface area contributed by atoms with Crippen LogP contribution >= 0.6 is 15.9 Å². The van der Waals surface area contributed by atoms with E-state index in [1.165, 1.54) is 12.1 Å². The number of sulfonamides is 1. The molecule has 1 unspecified atom stereocenters. The van der Waals surface area contributed by atoms with Gasteiger partial charge in [0.2, 0.25) is 10.0 Å². The normalized spacial score (nSPS) is 22.7. The molecular formula is C13H17BrFNO3S. The molecule has 1 heterocycles. The Morgan fingerprint density at radius 1 is 1.45 bits per heavy atom. The third-order valence-corrected chi connectivity index (χ3v) is 5.25. The van der Waals surface area contributed by atoms with Gasteiger partial charge in [0.15, 0.2) is 0 Å². The molecule has 2 rings (SSSR count). The van der Waals surface area contributed by atoms with E-state index in [-0.39, 0.29) is 16.5 Å². The molecule has 20 heavy (non-hydrogen) atoms. The van der Waals surface area contributed by atoms with Crippen molar-refractivity contribution in [3.8, 4) is 0 Å². The second-order valence-corrected chi connectivity index (χ2v) is 8.09. The zero-order chi connectivity index (χ0) is 15.0. The van der Waals surface area contributed by atoms with E-state index < -0.39 is 15.8 Å². The highest BCUT2D eigenvalue weighted by molar-refractivity contribution is 9.10. The van der Waals surface area contributed by atoms with E-state index in [2.05, 4.69) is 20.7 Å². The van der Waals surface area contributed by atoms with Crippen LogP contribution in [0.4, 0.5) is 4.39 Å². The third-order valence-electron chi connectivity index (χ3n) is 3.20. The average Bonchev–Trinajstić information content (AvgIpc) is 2.25. The van der Waals surface area contributed by atoms with E-state index in [0.29, 0.717) is 23.9 Å². The van der Waals surface area contributed by atoms with Gasteiger partial charge in [-0.25, -0.2) is 17.5 Å². The smallest absolute Gasteiger partial charge is 0.243 e. The van der Waals surface area contributed by atoms with Crippen LogP contribution in [-0.4, -0.2) is 26.7 Å². The molecule has 0 bridgehead atoms. The van der Waals surface area contributed by atoms with Crippen LogP contribution < -0.4 is 4.72 Å². The zero-order valence-electron chi connectivity index (χ0n) is 11.3. The van der Waals surface area contributed by atoms with E-state index in [0.717, 1.165) is 6.07 Å². The van der Waals surface area contributed by atoms with Crippen LogP contribution in [0.15, 0.2) is 27.6 Å². The summed E-state index contributed by atoms with van der Waals surface area (Å²) < 4.78 is 46.9. The molecule has 1 aromatic carbocycles. The highest BCUT2D eigenvalue weighted by Gasteiger charge is 2.32. The molecule has 7 heteroatoms. The van der Waals surface area contributed by atoms with E-state index in [1.807, 2.05) is 13.8 Å². The summed E-state index contributed by atoms with van der Waals surface area (Å²) in [5.41, 5.74) is -0.371. The Balaban J connectivity index is 2.19. The van der Waals surface area contributed by atoms with Crippen molar-refractivity contribution in [2.75, 3.05) is 6.61 Å². The highest BCUT2D eigenvalue weighted by Crippen LogP contribution is 2.26. The number of hydrogen-bond acceptors (Lipinski definition) is 3. The number of rotatable bonds is 3. The summed E-state index contributed by atoms with van der Waals surface area (Å²) in [5, 5.41) is 0. The number of halogens is 2. The maximum atomic E-state index is 13.8. The van der Waals surface area contributed by atoms with Crippen molar-refractivity contribution in [3.63, 3.8) is 0 Å². The fraction of sp³-hybridized carbons (Fsp3) is 0.538. The van der Waals surface area contributed by atoms with Crippen LogP contribution in [0, 0.1) is 5.82 Å². The summed E-state index contributed by atoms with van der Waals surface area (Å²) in [6.07, 6.45) is 1.14. The minimum Gasteiger partial charge on any atom is -0.375 e. The Labute approximate surface area is 126 Å². The first-order chi connectivity index (χ1) is 9.20. The van der Waals surface area contributed by atoms with Gasteiger partial charge in [0, 0.05) is 17.1 Å². The van der Waals surface area contributed by atoms with Crippen molar-refractivity contribution < 1.29 is 17.5 Å². The predicted molar refractivity (Wildman–Crippen MR) is 77.5 cm³/mol. The SMILES string of the molecule is CC1(C)CC(NS(=O)(=O)c2ccc(Br)cc2F)CCO1. The molecule has 1 aliphatic rings. The van der Waals surface area contributed by atoms with Crippen molar-refractivity contribution >= 4 is 26.0 Å². The molecule has 1 atom stereocenters. The molecule has 0 saturated carbocycles. The van der Waals surface area contributed by atoms with Crippen molar-refractivity contribution in [2.45, 2.75) is 43.2 Å². The molecule has 0 amide bonds. The van der Waals surface area contributed by atoms with Crippen LogP contribution in [0.5, 0.6) is 0 Å². The molecule has 1 N–H and O–H groups in total. The molecule has 0 radical (unpaired) electrons. The molecule has 1 aromatic rings. The van der Waals surface area contributed by atoms with Gasteiger partial charge in [-0.15, -0.1) is 0 Å². The Kier molecular flexibility index (Phi) is 4.53. The van der Waals surface area contributed by atoms with Gasteiger partial charge in [0.25, 0.3) is 0 Å². The van der Waals surface area contributed by atoms with Crippen molar-refractivity contribution in [1.82, 2.24) is 4.72 Å². The average molecular weight is 366 g/mol. The lowest BCUT2D eigenvalue weighted by Crippen LogP contribution is -2.45. The fourth-order valence-electron chi connectivity index (χ4n) is 2.31. The van der Waals surface area contributed by atoms with Crippen LogP contribution in [0.25, 0.3) is 0 Å². The lowest BCUT2D eigenvalue weighted by Gasteiger charge is -2.35. The molecular weight excluding hydrogens is 349 g/mol. The Bertz CT molecular complexity index is 604. The van der Waals surface area contributed by atoms with E-state index >= 15 is 0 Å². The van der Waals surface area contributed by atoms with Crippen molar-refractivity contribution in [3.05, 3.63) is 28.5 Å². The van der Waals surface area contributed by atoms with Crippen LogP contribution in [0.3, 0.4) is 0 Å². The summed E-state index contributed by atoms with van der Waals surface area (Å²) >= 11 is 3.10. The first kappa shape index (κ1) is 15.9. The Morgan fingerprint density at radius 2 is 2.15 bits per heavy atom. The van der Waals surface area contributed by atoms with E-state index in [9.17, 15) is 12.8 Å². The summed E-state index contributed by atoms with van der Waals surface area (Å²) in [6.45, 7) is 4.31. The largest absolute Gasteiger partial charge is 0.375 e. The molecule has 1 fully saturated rings. The number of benzene rings is 1. The maximum absolute atomic E-state index is 13.8. The van der Waals surface area contributed by atoms with Crippen molar-refractivity contribution in [1.29, 1.82) is 0 Å². The molecule has 0 spiro atoms. The van der Waals surface area contributed by atoms with Gasteiger partial charge in [0.05, 0.1) is 5.60 Å². The van der Waals surface area contributed by atoms with Gasteiger partial charge < -0.3 is 4.74 Å². The lowest BCUT2D eigenvalue weighted by atomic mass is 9.95. The molecule has 4 nitrogen and oxygen atoms in total. The fourth-order valence-corrected chi connectivity index (χ4v) is 3.97. The van der Waals surface area contributed by atoms with Crippen LogP contribution in [0.1, 0.15) is 26.7 Å². The van der Waals surface area contributed by atoms with Gasteiger partial charge in [-0.2, -0.15) is 0 Å². The minimum atomic E-state index is -3.86. The van der Waals surface area contributed by atoms with Gasteiger partial charge in [-0.1, -0.05) is 15.9 Å². The second kappa shape index (κ2) is 5.71. The molecule has 1 saturated heterocycles. The molecule has 0 aromatic heterocycles. The first-order valence-corrected chi connectivity index (χ1v) is 8.59. The predicted octanol–water partition coefficient (Wildman–Crippen LogP) is 2.82. The van der Waals surface area contributed by atoms with Gasteiger partial charge in [-0.3, -0.25) is 0 Å². The highest BCUT2D eigenvalue weighted by atomic mass is 79.9. The van der Waals surface area contributed by atoms with Crippen molar-refractivity contribution in [2.24, 2.45) is 0 Å². The van der Waals surface area contributed by atoms with Gasteiger partial charge in [-0.05, 0) is 44.9 Å². The summed E-state index contributed by atoms with van der Waals surface area (Å²) in [4.78, 5) is -0.329. The molecule has 112 valence electrons. The first-order valence-electron chi connectivity index (χ1n) is 6.31. The summed E-state index contributed by atoms with van der Waals surface area (Å²) in [5.74, 6) is -0.766. The summed E-state index contributed by atoms with van der Waals surface area (Å²) in [6, 6.07) is 3.66. The van der Waals surface area contributed by atoms with Crippen LogP contribution in [0.2, 0.25) is 0 Å². The molecule has 1 aliphatic heterocycles. The Hall–Kier alpha value is -0.500. The third kappa shape index (κ3) is 3.78. The second-order valence-electron chi connectivity index (χ2n) is 5.49. The number of ether oxygens (including phenoxy) is 1. The quantitative estimate of drug-likeness (QED) is 0.895. The number of nitrogens with one attached hydrogen (secondary N) is 1. The van der Waals surface area contributed by atoms with Crippen LogP contribution in [-0.2, 0) is 14.8 Å². The lowest BCUT2D eigenvalue weighted by molar-refractivity contribution is -0.0599. The monoisotopic (exact) mass is 365 g/mol. The summed E-state index contributed by atoms with van der Waals surface area (Å²) in [7, 11) is -3.86. The Morgan fingerprint density at radius 3 is 2.75 bits per heavy atom. The minimum absolute atomic E-state index is 0.244. The van der Waals surface area contributed by atoms with E-state index in [1.54, 1.807) is 0 Å². The zero-order valence-corrected chi connectivity index (χ0v) is 13.7. The van der Waals surface area contributed by atoms with Gasteiger partial charge >= 0.3 is 0 Å². The standard InChI is InChI=1S/C13H17BrFNO3S/c1-13(2)8-10(5-6-19-13)16-20(17,18)12-4-3-9(14)7-11(12)15/h3-4,7,10,16H,5-6,8H2,1-2H3. The van der Waals surface area contributed by atoms with Gasteiger partial charge in [0.1, 0.15) is 10.7 Å². The van der Waals surface area contributed by atoms with E-state index in [4.69, 9.17) is 4.74 Å². The number of hydrogen-bond donors (Lipinski definition) is 1. The topological polar surface area (TPSA) is 55.4 Å². The molecule has 0 aliphatic carbocycles.